The monoisotopic (exact) mass is 1440 g/mol. The summed E-state index contributed by atoms with van der Waals surface area (Å²) in [7, 11) is 3.40. The van der Waals surface area contributed by atoms with Gasteiger partial charge in [0.15, 0.2) is 0 Å². The molecule has 0 aliphatic carbocycles. The highest BCUT2D eigenvalue weighted by Gasteiger charge is 2.16. The lowest BCUT2D eigenvalue weighted by atomic mass is 10.00. The maximum absolute atomic E-state index is 13.2. The molecule has 16 rings (SSSR count). The van der Waals surface area contributed by atoms with E-state index in [1.807, 2.05) is 61.1 Å². The third kappa shape index (κ3) is 18.9. The standard InChI is InChI=1S/2C12H15NO.3C12H15N.C11H12ClN.2C11H12FN/c1-8(2)11-7-13-12-5-4-9(14-3)6-10(11)12;1-8(2)10-7-13-12-9(10)5-4-6-11(12)14-3;1-8(2)11-7-13-12-5-4-9(3)6-10(11)12;1-8(2)11-7-13-12-9(3)5-4-6-10(11)12;1-8(2)12-9(3)13-11-7-5-4-6-10(11)12;1-7(2)8-6-13-10-5-3-4-9(12)11(8)10;1-7(2)10-6-13-11-4-3-8(12)5-9(10)11;1-7(2)9-6-13-11-8(9)4-3-5-10(11)12/h2*4-8,13H,1-3H3;3*4-8,13H,1-3H3;3*3-7,13H,1-2H3. The number of methoxy groups -OCH3 is 2. The van der Waals surface area contributed by atoms with Crippen LogP contribution in [0.15, 0.2) is 195 Å². The van der Waals surface area contributed by atoms with Crippen molar-refractivity contribution in [3.63, 3.8) is 0 Å². The molecule has 0 atom stereocenters. The van der Waals surface area contributed by atoms with Crippen LogP contribution in [0.25, 0.3) is 87.2 Å². The van der Waals surface area contributed by atoms with Gasteiger partial charge in [0.25, 0.3) is 0 Å². The Balaban J connectivity index is 0.000000140. The summed E-state index contributed by atoms with van der Waals surface area (Å²) in [5.74, 6) is 5.69. The number of aromatic nitrogens is 8. The fourth-order valence-corrected chi connectivity index (χ4v) is 14.2. The molecule has 13 heteroatoms. The number of nitrogens with one attached hydrogen (secondary N) is 8. The normalized spacial score (nSPS) is 11.3. The third-order valence-corrected chi connectivity index (χ3v) is 19.9. The molecule has 0 fully saturated rings. The van der Waals surface area contributed by atoms with Gasteiger partial charge in [-0.05, 0) is 197 Å². The Morgan fingerprint density at radius 2 is 0.745 bits per heavy atom. The summed E-state index contributed by atoms with van der Waals surface area (Å²) in [6.45, 7) is 41.4. The molecule has 0 saturated heterocycles. The van der Waals surface area contributed by atoms with E-state index in [1.54, 1.807) is 32.4 Å². The van der Waals surface area contributed by atoms with Crippen LogP contribution >= 0.6 is 11.6 Å². The summed E-state index contributed by atoms with van der Waals surface area (Å²) < 4.78 is 36.7. The van der Waals surface area contributed by atoms with E-state index < -0.39 is 0 Å². The van der Waals surface area contributed by atoms with Gasteiger partial charge in [-0.25, -0.2) is 8.78 Å². The van der Waals surface area contributed by atoms with Crippen molar-refractivity contribution >= 4 is 98.8 Å². The Morgan fingerprint density at radius 3 is 1.29 bits per heavy atom. The molecule has 8 aromatic carbocycles. The highest BCUT2D eigenvalue weighted by Crippen LogP contribution is 2.36. The van der Waals surface area contributed by atoms with Gasteiger partial charge in [0.2, 0.25) is 0 Å². The summed E-state index contributed by atoms with van der Waals surface area (Å²) in [6, 6.07) is 49.7. The molecule has 0 bridgehead atoms. The largest absolute Gasteiger partial charge is 0.497 e. The van der Waals surface area contributed by atoms with Crippen molar-refractivity contribution in [1.29, 1.82) is 0 Å². The number of aryl methyl sites for hydroxylation is 3. The lowest BCUT2D eigenvalue weighted by Crippen LogP contribution is -1.87. The Hall–Kier alpha value is -10.2. The molecule has 8 heterocycles. The minimum atomic E-state index is -0.176. The Bertz CT molecular complexity index is 5280. The van der Waals surface area contributed by atoms with E-state index in [4.69, 9.17) is 21.1 Å². The number of halogens is 3. The highest BCUT2D eigenvalue weighted by molar-refractivity contribution is 6.35. The van der Waals surface area contributed by atoms with Gasteiger partial charge in [0.05, 0.1) is 30.3 Å². The Labute approximate surface area is 630 Å². The Morgan fingerprint density at radius 1 is 0.330 bits per heavy atom. The molecule has 16 aromatic rings. The molecule has 8 aromatic heterocycles. The molecule has 0 spiro atoms. The number of aromatic amines is 8. The fourth-order valence-electron chi connectivity index (χ4n) is 13.9. The van der Waals surface area contributed by atoms with Gasteiger partial charge >= 0.3 is 0 Å². The number of benzene rings is 8. The first kappa shape index (κ1) is 79.9. The zero-order valence-corrected chi connectivity index (χ0v) is 66.8. The second-order valence-electron chi connectivity index (χ2n) is 30.0. The maximum Gasteiger partial charge on any atom is 0.147 e. The molecule has 10 nitrogen and oxygen atoms in total. The number of para-hydroxylation sites is 4. The zero-order chi connectivity index (χ0) is 76.8. The van der Waals surface area contributed by atoms with Crippen molar-refractivity contribution in [2.24, 2.45) is 0 Å². The minimum absolute atomic E-state index is 0.172. The van der Waals surface area contributed by atoms with Gasteiger partial charge < -0.3 is 49.3 Å². The van der Waals surface area contributed by atoms with Crippen LogP contribution in [0.4, 0.5) is 8.78 Å². The molecule has 8 N–H and O–H groups in total. The van der Waals surface area contributed by atoms with E-state index in [0.29, 0.717) is 52.9 Å². The zero-order valence-electron chi connectivity index (χ0n) is 66.0. The summed E-state index contributed by atoms with van der Waals surface area (Å²) in [4.78, 5) is 25.9. The molecular weight excluding hydrogens is 1330 g/mol. The van der Waals surface area contributed by atoms with Gasteiger partial charge in [0.1, 0.15) is 23.1 Å². The first-order valence-corrected chi connectivity index (χ1v) is 37.8. The lowest BCUT2D eigenvalue weighted by Gasteiger charge is -2.04. The number of ether oxygens (including phenoxy) is 2. The number of hydrogen-bond acceptors (Lipinski definition) is 2. The molecule has 556 valence electrons. The second kappa shape index (κ2) is 36.2. The van der Waals surface area contributed by atoms with E-state index in [-0.39, 0.29) is 11.6 Å². The third-order valence-electron chi connectivity index (χ3n) is 19.6. The van der Waals surface area contributed by atoms with E-state index in [0.717, 1.165) is 43.8 Å². The first-order chi connectivity index (χ1) is 50.6. The molecule has 0 saturated carbocycles. The number of H-pyrrole nitrogens is 8. The lowest BCUT2D eigenvalue weighted by molar-refractivity contribution is 0.415. The van der Waals surface area contributed by atoms with Gasteiger partial charge in [-0.3, -0.25) is 0 Å². The van der Waals surface area contributed by atoms with Crippen LogP contribution in [0, 0.1) is 32.4 Å². The predicted molar refractivity (Wildman–Crippen MR) is 451 cm³/mol. The summed E-state index contributed by atoms with van der Waals surface area (Å²) >= 11 is 6.13. The molecule has 0 amide bonds. The quantitative estimate of drug-likeness (QED) is 0.0690. The number of hydrogen-bond donors (Lipinski definition) is 8. The molecule has 0 radical (unpaired) electrons. The van der Waals surface area contributed by atoms with Crippen LogP contribution < -0.4 is 9.47 Å². The number of fused-ring (bicyclic) bond motifs is 8. The van der Waals surface area contributed by atoms with Crippen LogP contribution in [0.1, 0.15) is 219 Å². The highest BCUT2D eigenvalue weighted by atomic mass is 35.5. The van der Waals surface area contributed by atoms with Crippen molar-refractivity contribution in [2.75, 3.05) is 14.2 Å². The average Bonchev–Trinajstić information content (AvgIpc) is 1.68. The molecule has 0 unspecified atom stereocenters. The SMILES string of the molecule is CC(C)c1c[nH]c2c(F)cccc12.CC(C)c1c[nH]c2ccc(F)cc12.CC(C)c1c[nH]c2cccc(Cl)c12.COc1ccc2[nH]cc(C(C)C)c2c1.COc1cccc2c(C(C)C)c[nH]c12.Cc1[nH]c2ccccc2c1C(C)C.Cc1ccc2[nH]cc(C(C)C)c2c1.Cc1cccc2c(C(C)C)c[nH]c12. The van der Waals surface area contributed by atoms with E-state index >= 15 is 0 Å². The topological polar surface area (TPSA) is 145 Å². The summed E-state index contributed by atoms with van der Waals surface area (Å²) in [5, 5.41) is 10.6. The van der Waals surface area contributed by atoms with Gasteiger partial charge in [-0.15, -0.1) is 0 Å². The first-order valence-electron chi connectivity index (χ1n) is 37.4. The van der Waals surface area contributed by atoms with E-state index in [9.17, 15) is 8.78 Å². The molecule has 106 heavy (non-hydrogen) atoms. The van der Waals surface area contributed by atoms with E-state index in [1.165, 1.54) is 128 Å². The Kier molecular flexibility index (Phi) is 27.3. The van der Waals surface area contributed by atoms with Crippen molar-refractivity contribution in [3.05, 3.63) is 273 Å². The van der Waals surface area contributed by atoms with E-state index in [2.05, 4.69) is 275 Å². The fraction of sp³-hybridized carbons (Fsp3) is 0.312. The maximum atomic E-state index is 13.2. The van der Waals surface area contributed by atoms with Crippen LogP contribution in [0.5, 0.6) is 11.5 Å². The smallest absolute Gasteiger partial charge is 0.147 e. The predicted octanol–water partition coefficient (Wildman–Crippen LogP) is 28.2. The molecule has 0 aliphatic rings. The van der Waals surface area contributed by atoms with Crippen molar-refractivity contribution in [2.45, 2.75) is 179 Å². The minimum Gasteiger partial charge on any atom is -0.497 e. The van der Waals surface area contributed by atoms with Gasteiger partial charge in [-0.1, -0.05) is 201 Å². The molecular formula is C93H111ClF2N8O2. The summed E-state index contributed by atoms with van der Waals surface area (Å²) in [6.07, 6.45) is 14.3. The van der Waals surface area contributed by atoms with Crippen LogP contribution in [-0.4, -0.2) is 54.1 Å². The van der Waals surface area contributed by atoms with Gasteiger partial charge in [0, 0.05) is 125 Å². The number of rotatable bonds is 10. The van der Waals surface area contributed by atoms with Crippen LogP contribution in [0.2, 0.25) is 5.02 Å². The second-order valence-corrected chi connectivity index (χ2v) is 30.4. The summed E-state index contributed by atoms with van der Waals surface area (Å²) in [5.41, 5.74) is 23.4. The molecule has 0 aliphatic heterocycles. The van der Waals surface area contributed by atoms with Crippen molar-refractivity contribution < 1.29 is 18.3 Å². The van der Waals surface area contributed by atoms with Crippen molar-refractivity contribution in [3.8, 4) is 11.5 Å². The van der Waals surface area contributed by atoms with Crippen LogP contribution in [0.3, 0.4) is 0 Å². The van der Waals surface area contributed by atoms with Crippen LogP contribution in [-0.2, 0) is 0 Å². The van der Waals surface area contributed by atoms with Gasteiger partial charge in [-0.2, -0.15) is 0 Å². The van der Waals surface area contributed by atoms with Crippen molar-refractivity contribution in [1.82, 2.24) is 39.9 Å². The average molecular weight is 1450 g/mol.